The fourth-order valence-corrected chi connectivity index (χ4v) is 4.37. The number of hydrogen-bond donors (Lipinski definition) is 3. The van der Waals surface area contributed by atoms with Crippen LogP contribution in [0.3, 0.4) is 0 Å². The summed E-state index contributed by atoms with van der Waals surface area (Å²) in [7, 11) is -4.86. The van der Waals surface area contributed by atoms with Crippen LogP contribution in [0.25, 0.3) is 10.6 Å². The average Bonchev–Trinajstić information content (AvgIpc) is 3.33. The van der Waals surface area contributed by atoms with Crippen LogP contribution in [-0.2, 0) is 10.0 Å². The number of aromatic nitrogens is 3. The number of anilines is 1. The maximum atomic E-state index is 12.9. The second kappa shape index (κ2) is 11.5. The van der Waals surface area contributed by atoms with Gasteiger partial charge in [-0.05, 0) is 24.6 Å². The van der Waals surface area contributed by atoms with Crippen molar-refractivity contribution < 1.29 is 31.8 Å². The Labute approximate surface area is 204 Å². The Bertz CT molecular complexity index is 1270. The van der Waals surface area contributed by atoms with Crippen molar-refractivity contribution in [2.24, 2.45) is 5.92 Å². The molecule has 0 unspecified atom stereocenters. The number of ether oxygens (including phenoxy) is 1. The number of benzene rings is 1. The Kier molecular flexibility index (Phi) is 8.64. The molecule has 0 bridgehead atoms. The summed E-state index contributed by atoms with van der Waals surface area (Å²) in [6.45, 7) is 3.60. The summed E-state index contributed by atoms with van der Waals surface area (Å²) in [5.74, 6) is -4.30. The molecule has 35 heavy (non-hydrogen) atoms. The van der Waals surface area contributed by atoms with Crippen molar-refractivity contribution in [2.45, 2.75) is 25.6 Å². The van der Waals surface area contributed by atoms with Crippen LogP contribution in [0.1, 0.15) is 35.3 Å². The van der Waals surface area contributed by atoms with Gasteiger partial charge >= 0.3 is 5.76 Å². The number of hydrogen-bond acceptors (Lipinski definition) is 9. The van der Waals surface area contributed by atoms with Gasteiger partial charge in [0.15, 0.2) is 5.01 Å². The van der Waals surface area contributed by atoms with E-state index < -0.39 is 33.6 Å². The first-order chi connectivity index (χ1) is 16.6. The number of rotatable bonds is 11. The molecule has 14 heteroatoms. The maximum absolute atomic E-state index is 12.9. The SMILES string of the molecule is CCOc1cncc(-c2cnc(C(=O)N[C@@H](c3cccc(NS(=O)(=O)C(F)F)c3)[C@H](C)CO)s2)n1. The van der Waals surface area contributed by atoms with E-state index in [1.54, 1.807) is 17.7 Å². The van der Waals surface area contributed by atoms with Crippen LogP contribution in [-0.4, -0.2) is 53.4 Å². The number of carbonyl (C=O) groups is 1. The molecule has 2 aromatic heterocycles. The minimum absolute atomic E-state index is 0.100. The smallest absolute Gasteiger partial charge is 0.355 e. The van der Waals surface area contributed by atoms with Gasteiger partial charge in [-0.2, -0.15) is 8.78 Å². The molecule has 0 fully saturated rings. The lowest BCUT2D eigenvalue weighted by atomic mass is 9.94. The van der Waals surface area contributed by atoms with Gasteiger partial charge in [0.05, 0.1) is 29.9 Å². The molecule has 10 nitrogen and oxygen atoms in total. The highest BCUT2D eigenvalue weighted by molar-refractivity contribution is 7.93. The first-order valence-corrected chi connectivity index (χ1v) is 12.7. The van der Waals surface area contributed by atoms with Crippen molar-refractivity contribution in [2.75, 3.05) is 17.9 Å². The van der Waals surface area contributed by atoms with Crippen LogP contribution in [0.5, 0.6) is 5.88 Å². The Morgan fingerprint density at radius 1 is 1.26 bits per heavy atom. The van der Waals surface area contributed by atoms with Crippen molar-refractivity contribution in [3.8, 4) is 16.5 Å². The zero-order valence-corrected chi connectivity index (χ0v) is 20.3. The number of thiazole rings is 1. The van der Waals surface area contributed by atoms with E-state index in [1.807, 2.05) is 6.92 Å². The summed E-state index contributed by atoms with van der Waals surface area (Å²) in [6, 6.07) is 4.89. The van der Waals surface area contributed by atoms with E-state index in [-0.39, 0.29) is 17.3 Å². The van der Waals surface area contributed by atoms with Gasteiger partial charge in [0, 0.05) is 24.4 Å². The number of sulfonamides is 1. The van der Waals surface area contributed by atoms with Gasteiger partial charge in [0.1, 0.15) is 5.69 Å². The van der Waals surface area contributed by atoms with E-state index >= 15 is 0 Å². The lowest BCUT2D eigenvalue weighted by Gasteiger charge is -2.24. The molecule has 188 valence electrons. The highest BCUT2D eigenvalue weighted by Crippen LogP contribution is 2.28. The standard InChI is InChI=1S/C21H23F2N5O5S2/c1-3-33-17-10-24-8-15(26-17)16-9-25-20(34-16)19(30)27-18(12(2)11-29)13-5-4-6-14(7-13)28-35(31,32)21(22)23/h4-10,12,18,21,28-29H,3,11H2,1-2H3,(H,27,30)/t12-,18-/m1/s1. The highest BCUT2D eigenvalue weighted by atomic mass is 32.2. The van der Waals surface area contributed by atoms with E-state index in [9.17, 15) is 27.1 Å². The van der Waals surface area contributed by atoms with Gasteiger partial charge in [-0.1, -0.05) is 19.1 Å². The average molecular weight is 528 g/mol. The van der Waals surface area contributed by atoms with Gasteiger partial charge in [-0.15, -0.1) is 11.3 Å². The van der Waals surface area contributed by atoms with Crippen LogP contribution in [0, 0.1) is 5.92 Å². The number of aliphatic hydroxyl groups excluding tert-OH is 1. The summed E-state index contributed by atoms with van der Waals surface area (Å²) < 4.78 is 55.6. The minimum atomic E-state index is -4.86. The predicted molar refractivity (Wildman–Crippen MR) is 126 cm³/mol. The fraction of sp³-hybridized carbons (Fsp3) is 0.333. The topological polar surface area (TPSA) is 143 Å². The normalized spacial score (nSPS) is 13.3. The number of nitrogens with one attached hydrogen (secondary N) is 2. The maximum Gasteiger partial charge on any atom is 0.355 e. The molecule has 1 amide bonds. The number of carbonyl (C=O) groups excluding carboxylic acids is 1. The Morgan fingerprint density at radius 3 is 2.71 bits per heavy atom. The lowest BCUT2D eigenvalue weighted by molar-refractivity contribution is 0.0908. The highest BCUT2D eigenvalue weighted by Gasteiger charge is 2.26. The van der Waals surface area contributed by atoms with Crippen LogP contribution >= 0.6 is 11.3 Å². The van der Waals surface area contributed by atoms with Gasteiger partial charge in [-0.3, -0.25) is 14.5 Å². The van der Waals surface area contributed by atoms with Crippen LogP contribution in [0.4, 0.5) is 14.5 Å². The Balaban J connectivity index is 1.82. The number of aliphatic hydroxyl groups is 1. The van der Waals surface area contributed by atoms with Crippen molar-refractivity contribution >= 4 is 33.0 Å². The molecular weight excluding hydrogens is 504 g/mol. The molecular formula is C21H23F2N5O5S2. The molecule has 0 saturated carbocycles. The molecule has 0 aliphatic heterocycles. The molecule has 3 rings (SSSR count). The van der Waals surface area contributed by atoms with Crippen LogP contribution < -0.4 is 14.8 Å². The number of amides is 1. The fourth-order valence-electron chi connectivity index (χ4n) is 3.05. The van der Waals surface area contributed by atoms with Crippen LogP contribution in [0.15, 0.2) is 42.9 Å². The molecule has 1 aromatic carbocycles. The molecule has 2 heterocycles. The summed E-state index contributed by atoms with van der Waals surface area (Å²) in [4.78, 5) is 26.1. The summed E-state index contributed by atoms with van der Waals surface area (Å²) in [5.41, 5.74) is 0.782. The molecule has 0 aliphatic rings. The second-order valence-corrected chi connectivity index (χ2v) is 10.0. The van der Waals surface area contributed by atoms with Crippen molar-refractivity contribution in [3.63, 3.8) is 0 Å². The molecule has 2 atom stereocenters. The van der Waals surface area contributed by atoms with Crippen molar-refractivity contribution in [1.82, 2.24) is 20.3 Å². The van der Waals surface area contributed by atoms with E-state index in [0.29, 0.717) is 28.6 Å². The first-order valence-electron chi connectivity index (χ1n) is 10.4. The second-order valence-electron chi connectivity index (χ2n) is 7.35. The number of nitrogens with zero attached hydrogens (tertiary/aromatic N) is 3. The van der Waals surface area contributed by atoms with Crippen molar-refractivity contribution in [3.05, 3.63) is 53.4 Å². The van der Waals surface area contributed by atoms with E-state index in [1.165, 1.54) is 36.8 Å². The quantitative estimate of drug-likeness (QED) is 0.345. The Hall–Kier alpha value is -3.23. The van der Waals surface area contributed by atoms with Gasteiger partial charge in [0.2, 0.25) is 5.88 Å². The molecule has 0 saturated heterocycles. The Morgan fingerprint density at radius 2 is 2.03 bits per heavy atom. The zero-order chi connectivity index (χ0) is 25.6. The van der Waals surface area contributed by atoms with Gasteiger partial charge in [0.25, 0.3) is 15.9 Å². The monoisotopic (exact) mass is 527 g/mol. The third-order valence-corrected chi connectivity index (χ3v) is 6.75. The van der Waals surface area contributed by atoms with Gasteiger partial charge in [-0.25, -0.2) is 18.4 Å². The lowest BCUT2D eigenvalue weighted by Crippen LogP contribution is -2.34. The van der Waals surface area contributed by atoms with Gasteiger partial charge < -0.3 is 15.2 Å². The molecule has 0 spiro atoms. The summed E-state index contributed by atoms with van der Waals surface area (Å²) >= 11 is 1.07. The first kappa shape index (κ1) is 26.4. The molecule has 3 aromatic rings. The third-order valence-electron chi connectivity index (χ3n) is 4.74. The zero-order valence-electron chi connectivity index (χ0n) is 18.7. The predicted octanol–water partition coefficient (Wildman–Crippen LogP) is 3.06. The number of halogens is 2. The van der Waals surface area contributed by atoms with Crippen LogP contribution in [0.2, 0.25) is 0 Å². The number of alkyl halides is 2. The van der Waals surface area contributed by atoms with E-state index in [4.69, 9.17) is 4.74 Å². The summed E-state index contributed by atoms with van der Waals surface area (Å²) in [6.07, 6.45) is 4.46. The summed E-state index contributed by atoms with van der Waals surface area (Å²) in [5, 5.41) is 12.6. The molecule has 0 radical (unpaired) electrons. The van der Waals surface area contributed by atoms with E-state index in [2.05, 4.69) is 20.3 Å². The third kappa shape index (κ3) is 6.68. The molecule has 3 N–H and O–H groups in total. The van der Waals surface area contributed by atoms with Crippen molar-refractivity contribution in [1.29, 1.82) is 0 Å². The largest absolute Gasteiger partial charge is 0.477 e. The van der Waals surface area contributed by atoms with E-state index in [0.717, 1.165) is 11.3 Å². The minimum Gasteiger partial charge on any atom is -0.477 e. The molecule has 0 aliphatic carbocycles.